The number of Topliss-reactive ketones (excluding diaryl/α,β-unsaturated/α-hetero) is 1. The van der Waals surface area contributed by atoms with E-state index in [4.69, 9.17) is 9.47 Å². The molecule has 27 heavy (non-hydrogen) atoms. The van der Waals surface area contributed by atoms with Gasteiger partial charge in [0.05, 0.1) is 19.6 Å². The Kier molecular flexibility index (Phi) is 4.72. The lowest BCUT2D eigenvalue weighted by atomic mass is 9.53. The number of allylic oxidation sites excluding steroid dienone is 5. The van der Waals surface area contributed by atoms with Crippen LogP contribution in [-0.2, 0) is 9.59 Å². The molecule has 3 rings (SSSR count). The molecule has 5 heteroatoms. The topological polar surface area (TPSA) is 72.8 Å². The summed E-state index contributed by atoms with van der Waals surface area (Å²) < 4.78 is 11.0. The fourth-order valence-corrected chi connectivity index (χ4v) is 4.55. The summed E-state index contributed by atoms with van der Waals surface area (Å²) >= 11 is 0. The van der Waals surface area contributed by atoms with Crippen molar-refractivity contribution in [3.63, 3.8) is 0 Å². The predicted molar refractivity (Wildman–Crippen MR) is 102 cm³/mol. The molecule has 5 nitrogen and oxygen atoms in total. The van der Waals surface area contributed by atoms with Crippen LogP contribution in [-0.4, -0.2) is 30.9 Å². The molecule has 0 aliphatic heterocycles. The number of aromatic hydroxyl groups is 1. The standard InChI is InChI=1S/C22H24O5/c1-6-13-7-8-15-16(24)9-12(2)21(25)22(15,3)20(13)19-17(26-4)10-14(23)11-18(19)27-5/h6-7,9-11,15,20,23H,1,8H2,2-5H3/t15-,20+,22+/m0/s1. The smallest absolute Gasteiger partial charge is 0.166 e. The highest BCUT2D eigenvalue weighted by Crippen LogP contribution is 2.58. The molecule has 0 unspecified atom stereocenters. The molecular weight excluding hydrogens is 344 g/mol. The van der Waals surface area contributed by atoms with Gasteiger partial charge in [-0.1, -0.05) is 25.7 Å². The number of hydrogen-bond acceptors (Lipinski definition) is 5. The molecule has 2 aliphatic carbocycles. The largest absolute Gasteiger partial charge is 0.508 e. The summed E-state index contributed by atoms with van der Waals surface area (Å²) in [6.45, 7) is 7.42. The number of methoxy groups -OCH3 is 2. The Morgan fingerprint density at radius 3 is 2.33 bits per heavy atom. The van der Waals surface area contributed by atoms with Crippen molar-refractivity contribution in [3.05, 3.63) is 53.6 Å². The van der Waals surface area contributed by atoms with Crippen LogP contribution in [0.3, 0.4) is 0 Å². The molecule has 0 heterocycles. The van der Waals surface area contributed by atoms with Crippen LogP contribution in [0.4, 0.5) is 0 Å². The van der Waals surface area contributed by atoms with Gasteiger partial charge in [0.2, 0.25) is 0 Å². The molecule has 3 atom stereocenters. The number of phenolic OH excluding ortho intramolecular Hbond substituents is 1. The Balaban J connectivity index is 2.36. The molecule has 0 aromatic heterocycles. The van der Waals surface area contributed by atoms with Gasteiger partial charge in [0.1, 0.15) is 17.2 Å². The Bertz CT molecular complexity index is 867. The van der Waals surface area contributed by atoms with Gasteiger partial charge in [0.15, 0.2) is 11.6 Å². The van der Waals surface area contributed by atoms with Crippen molar-refractivity contribution < 1.29 is 24.2 Å². The monoisotopic (exact) mass is 368 g/mol. The van der Waals surface area contributed by atoms with E-state index in [0.29, 0.717) is 29.1 Å². The first kappa shape index (κ1) is 19.0. The predicted octanol–water partition coefficient (Wildman–Crippen LogP) is 3.73. The Morgan fingerprint density at radius 1 is 1.22 bits per heavy atom. The molecule has 1 aromatic rings. The summed E-state index contributed by atoms with van der Waals surface area (Å²) in [5.41, 5.74) is 0.927. The summed E-state index contributed by atoms with van der Waals surface area (Å²) in [7, 11) is 2.99. The van der Waals surface area contributed by atoms with E-state index in [1.807, 2.05) is 13.0 Å². The van der Waals surface area contributed by atoms with E-state index in [-0.39, 0.29) is 17.3 Å². The summed E-state index contributed by atoms with van der Waals surface area (Å²) in [6, 6.07) is 2.98. The first-order valence-electron chi connectivity index (χ1n) is 8.83. The maximum atomic E-state index is 13.3. The van der Waals surface area contributed by atoms with E-state index < -0.39 is 17.3 Å². The van der Waals surface area contributed by atoms with Crippen LogP contribution in [0.5, 0.6) is 17.2 Å². The Labute approximate surface area is 159 Å². The second-order valence-corrected chi connectivity index (χ2v) is 7.24. The lowest BCUT2D eigenvalue weighted by molar-refractivity contribution is -0.137. The molecule has 0 fully saturated rings. The third kappa shape index (κ3) is 2.69. The van der Waals surface area contributed by atoms with Gasteiger partial charge >= 0.3 is 0 Å². The fraction of sp³-hybridized carbons (Fsp3) is 0.364. The number of ether oxygens (including phenoxy) is 2. The average Bonchev–Trinajstić information content (AvgIpc) is 2.65. The van der Waals surface area contributed by atoms with Gasteiger partial charge in [-0.05, 0) is 30.6 Å². The Morgan fingerprint density at radius 2 is 1.81 bits per heavy atom. The zero-order valence-corrected chi connectivity index (χ0v) is 16.0. The number of phenols is 1. The third-order valence-electron chi connectivity index (χ3n) is 5.85. The highest BCUT2D eigenvalue weighted by atomic mass is 16.5. The van der Waals surface area contributed by atoms with Gasteiger partial charge in [-0.3, -0.25) is 9.59 Å². The van der Waals surface area contributed by atoms with Crippen molar-refractivity contribution in [2.75, 3.05) is 14.2 Å². The zero-order valence-electron chi connectivity index (χ0n) is 16.0. The average molecular weight is 368 g/mol. The Hall–Kier alpha value is -2.82. The minimum absolute atomic E-state index is 0.00350. The van der Waals surface area contributed by atoms with Gasteiger partial charge in [0.25, 0.3) is 0 Å². The lowest BCUT2D eigenvalue weighted by Gasteiger charge is -2.47. The van der Waals surface area contributed by atoms with E-state index in [2.05, 4.69) is 6.58 Å². The zero-order chi connectivity index (χ0) is 19.9. The highest BCUT2D eigenvalue weighted by molar-refractivity contribution is 6.13. The molecule has 0 radical (unpaired) electrons. The van der Waals surface area contributed by atoms with Gasteiger partial charge in [-0.2, -0.15) is 0 Å². The van der Waals surface area contributed by atoms with Gasteiger partial charge < -0.3 is 14.6 Å². The minimum Gasteiger partial charge on any atom is -0.508 e. The first-order chi connectivity index (χ1) is 12.8. The molecule has 1 N–H and O–H groups in total. The number of rotatable bonds is 4. The SMILES string of the molecule is C=CC1=CC[C@H]2C(=O)C=C(C)C(=O)[C@@]2(C)[C@H]1c1c(OC)cc(O)cc1OC. The lowest BCUT2D eigenvalue weighted by Crippen LogP contribution is -2.49. The number of benzene rings is 1. The molecule has 0 spiro atoms. The van der Waals surface area contributed by atoms with Crippen molar-refractivity contribution in [2.45, 2.75) is 26.2 Å². The van der Waals surface area contributed by atoms with E-state index in [9.17, 15) is 14.7 Å². The van der Waals surface area contributed by atoms with E-state index in [1.165, 1.54) is 32.4 Å². The number of carbonyl (C=O) groups excluding carboxylic acids is 2. The van der Waals surface area contributed by atoms with Crippen molar-refractivity contribution in [1.82, 2.24) is 0 Å². The van der Waals surface area contributed by atoms with Crippen LogP contribution >= 0.6 is 0 Å². The van der Waals surface area contributed by atoms with Crippen molar-refractivity contribution in [1.29, 1.82) is 0 Å². The van der Waals surface area contributed by atoms with E-state index in [1.54, 1.807) is 13.0 Å². The number of fused-ring (bicyclic) bond motifs is 1. The third-order valence-corrected chi connectivity index (χ3v) is 5.85. The van der Waals surface area contributed by atoms with Crippen LogP contribution in [0, 0.1) is 11.3 Å². The normalized spacial score (nSPS) is 27.4. The van der Waals surface area contributed by atoms with E-state index in [0.717, 1.165) is 5.57 Å². The van der Waals surface area contributed by atoms with Gasteiger partial charge in [0, 0.05) is 29.5 Å². The second kappa shape index (κ2) is 6.72. The number of ketones is 2. The van der Waals surface area contributed by atoms with Gasteiger partial charge in [-0.15, -0.1) is 0 Å². The maximum absolute atomic E-state index is 13.3. The van der Waals surface area contributed by atoms with Crippen LogP contribution in [0.1, 0.15) is 31.7 Å². The first-order valence-corrected chi connectivity index (χ1v) is 8.83. The second-order valence-electron chi connectivity index (χ2n) is 7.24. The summed E-state index contributed by atoms with van der Waals surface area (Å²) in [4.78, 5) is 26.1. The van der Waals surface area contributed by atoms with Crippen LogP contribution < -0.4 is 9.47 Å². The van der Waals surface area contributed by atoms with Crippen molar-refractivity contribution in [3.8, 4) is 17.2 Å². The summed E-state index contributed by atoms with van der Waals surface area (Å²) in [6.07, 6.45) is 5.59. The molecule has 1 aromatic carbocycles. The van der Waals surface area contributed by atoms with Crippen molar-refractivity contribution in [2.24, 2.45) is 11.3 Å². The molecule has 142 valence electrons. The fourth-order valence-electron chi connectivity index (χ4n) is 4.55. The van der Waals surface area contributed by atoms with Crippen LogP contribution in [0.25, 0.3) is 0 Å². The molecule has 2 aliphatic rings. The van der Waals surface area contributed by atoms with Crippen molar-refractivity contribution >= 4 is 11.6 Å². The van der Waals surface area contributed by atoms with Gasteiger partial charge in [-0.25, -0.2) is 0 Å². The molecule has 0 amide bonds. The molecular formula is C22H24O5. The molecule has 0 saturated carbocycles. The minimum atomic E-state index is -0.994. The molecule has 0 bridgehead atoms. The van der Waals surface area contributed by atoms with Crippen LogP contribution in [0.15, 0.2) is 48.1 Å². The quantitative estimate of drug-likeness (QED) is 0.877. The summed E-state index contributed by atoms with van der Waals surface area (Å²) in [5, 5.41) is 10.0. The maximum Gasteiger partial charge on any atom is 0.166 e. The molecule has 0 saturated heterocycles. The number of carbonyl (C=O) groups is 2. The number of hydrogen-bond donors (Lipinski definition) is 1. The van der Waals surface area contributed by atoms with Crippen LogP contribution in [0.2, 0.25) is 0 Å². The highest BCUT2D eigenvalue weighted by Gasteiger charge is 2.56. The van der Waals surface area contributed by atoms with E-state index >= 15 is 0 Å². The summed E-state index contributed by atoms with van der Waals surface area (Å²) in [5.74, 6) is -0.267.